The Bertz CT molecular complexity index is 1530. The third-order valence-electron chi connectivity index (χ3n) is 7.93. The number of carbonyl (C=O) groups excluding carboxylic acids is 1. The van der Waals surface area contributed by atoms with Crippen LogP contribution in [0.3, 0.4) is 0 Å². The molecule has 0 bridgehead atoms. The number of halogens is 1. The Morgan fingerprint density at radius 3 is 2.59 bits per heavy atom. The first-order chi connectivity index (χ1) is 18.5. The lowest BCUT2D eigenvalue weighted by molar-refractivity contribution is -0.149. The van der Waals surface area contributed by atoms with Crippen molar-refractivity contribution in [2.45, 2.75) is 71.8 Å². The van der Waals surface area contributed by atoms with E-state index in [9.17, 15) is 14.7 Å². The van der Waals surface area contributed by atoms with E-state index in [0.29, 0.717) is 42.4 Å². The van der Waals surface area contributed by atoms with E-state index in [0.717, 1.165) is 39.6 Å². The Labute approximate surface area is 236 Å². The SMILES string of the molecule is CC#CC(=O)N(c1ccc2c(n1)c(OC1CCC(C(=O)O)C(C)(C)C1)nn2C)c1cc(C)c(Br)cc1C1CC1. The number of hydrogen-bond acceptors (Lipinski definition) is 5. The number of carboxylic acids is 1. The number of aryl methyl sites for hydroxylation is 2. The third-order valence-corrected chi connectivity index (χ3v) is 8.79. The summed E-state index contributed by atoms with van der Waals surface area (Å²) in [5, 5.41) is 14.2. The zero-order valence-corrected chi connectivity index (χ0v) is 24.5. The van der Waals surface area contributed by atoms with E-state index >= 15 is 0 Å². The highest BCUT2D eigenvalue weighted by Crippen LogP contribution is 2.47. The second-order valence-corrected chi connectivity index (χ2v) is 12.2. The molecule has 1 amide bonds. The highest BCUT2D eigenvalue weighted by Gasteiger charge is 2.42. The number of fused-ring (bicyclic) bond motifs is 1. The van der Waals surface area contributed by atoms with Crippen molar-refractivity contribution >= 4 is 50.3 Å². The van der Waals surface area contributed by atoms with Crippen LogP contribution in [0.2, 0.25) is 0 Å². The molecule has 5 rings (SSSR count). The number of benzene rings is 1. The Morgan fingerprint density at radius 2 is 1.95 bits per heavy atom. The second kappa shape index (κ2) is 10.3. The first-order valence-electron chi connectivity index (χ1n) is 13.3. The van der Waals surface area contributed by atoms with Crippen molar-refractivity contribution in [2.24, 2.45) is 18.4 Å². The molecule has 2 fully saturated rings. The van der Waals surface area contributed by atoms with Crippen LogP contribution in [0, 0.1) is 30.1 Å². The van der Waals surface area contributed by atoms with Crippen LogP contribution in [-0.2, 0) is 16.6 Å². The largest absolute Gasteiger partial charge is 0.481 e. The standard InChI is InChI=1S/C30H33BrN4O4/c1-6-7-26(36)35(24-14-17(2)22(31)15-20(24)18-8-9-18)25-13-12-23-27(32-25)28(33-34(23)5)39-19-10-11-21(29(37)38)30(3,4)16-19/h12-15,18-19,21H,8-11,16H2,1-5H3,(H,37,38). The summed E-state index contributed by atoms with van der Waals surface area (Å²) in [5.41, 5.74) is 3.83. The summed E-state index contributed by atoms with van der Waals surface area (Å²) in [4.78, 5) is 31.7. The summed E-state index contributed by atoms with van der Waals surface area (Å²) in [6.45, 7) is 7.60. The van der Waals surface area contributed by atoms with Crippen molar-refractivity contribution in [3.05, 3.63) is 39.9 Å². The van der Waals surface area contributed by atoms with Gasteiger partial charge in [0.2, 0.25) is 0 Å². The maximum Gasteiger partial charge on any atom is 0.308 e. The second-order valence-electron chi connectivity index (χ2n) is 11.3. The van der Waals surface area contributed by atoms with Gasteiger partial charge in [0.1, 0.15) is 11.9 Å². The van der Waals surface area contributed by atoms with E-state index in [1.165, 1.54) is 0 Å². The predicted molar refractivity (Wildman–Crippen MR) is 153 cm³/mol. The number of pyridine rings is 1. The van der Waals surface area contributed by atoms with E-state index in [2.05, 4.69) is 38.9 Å². The summed E-state index contributed by atoms with van der Waals surface area (Å²) in [5.74, 6) is 5.15. The molecule has 0 spiro atoms. The van der Waals surface area contributed by atoms with Crippen LogP contribution in [0.4, 0.5) is 11.5 Å². The predicted octanol–water partition coefficient (Wildman–Crippen LogP) is 6.26. The molecule has 2 aliphatic carbocycles. The molecule has 2 aliphatic rings. The lowest BCUT2D eigenvalue weighted by Crippen LogP contribution is -2.41. The third kappa shape index (κ3) is 5.27. The van der Waals surface area contributed by atoms with Gasteiger partial charge in [0.05, 0.1) is 17.1 Å². The highest BCUT2D eigenvalue weighted by atomic mass is 79.9. The number of rotatable bonds is 6. The molecule has 1 aromatic carbocycles. The van der Waals surface area contributed by atoms with Gasteiger partial charge in [-0.3, -0.25) is 19.2 Å². The van der Waals surface area contributed by atoms with Gasteiger partial charge in [-0.2, -0.15) is 0 Å². The van der Waals surface area contributed by atoms with Gasteiger partial charge in [-0.25, -0.2) is 4.98 Å². The quantitative estimate of drug-likeness (QED) is 0.339. The molecule has 0 aliphatic heterocycles. The van der Waals surface area contributed by atoms with Gasteiger partial charge >= 0.3 is 11.9 Å². The molecule has 2 saturated carbocycles. The van der Waals surface area contributed by atoms with Crippen LogP contribution in [0.1, 0.15) is 69.9 Å². The highest BCUT2D eigenvalue weighted by molar-refractivity contribution is 9.10. The van der Waals surface area contributed by atoms with Crippen LogP contribution in [0.15, 0.2) is 28.7 Å². The summed E-state index contributed by atoms with van der Waals surface area (Å²) >= 11 is 3.65. The first-order valence-corrected chi connectivity index (χ1v) is 14.1. The molecule has 204 valence electrons. The van der Waals surface area contributed by atoms with E-state index in [-0.39, 0.29) is 12.0 Å². The number of anilines is 2. The molecule has 1 N–H and O–H groups in total. The zero-order chi connectivity index (χ0) is 28.1. The van der Waals surface area contributed by atoms with Gasteiger partial charge in [0.15, 0.2) is 5.52 Å². The van der Waals surface area contributed by atoms with Crippen LogP contribution >= 0.6 is 15.9 Å². The van der Waals surface area contributed by atoms with Gasteiger partial charge in [-0.15, -0.1) is 5.10 Å². The number of carbonyl (C=O) groups is 2. The lowest BCUT2D eigenvalue weighted by Gasteiger charge is -2.39. The first kappa shape index (κ1) is 27.2. The van der Waals surface area contributed by atoms with Crippen LogP contribution in [0.5, 0.6) is 5.88 Å². The van der Waals surface area contributed by atoms with Crippen molar-refractivity contribution < 1.29 is 19.4 Å². The molecule has 2 heterocycles. The van der Waals surface area contributed by atoms with Crippen molar-refractivity contribution in [3.8, 4) is 17.7 Å². The van der Waals surface area contributed by atoms with Crippen LogP contribution in [-0.4, -0.2) is 37.9 Å². The fourth-order valence-corrected chi connectivity index (χ4v) is 6.05. The fourth-order valence-electron chi connectivity index (χ4n) is 5.69. The number of aliphatic carboxylic acids is 1. The van der Waals surface area contributed by atoms with E-state index < -0.39 is 17.3 Å². The van der Waals surface area contributed by atoms with E-state index in [1.54, 1.807) is 16.5 Å². The zero-order valence-electron chi connectivity index (χ0n) is 22.9. The van der Waals surface area contributed by atoms with Crippen molar-refractivity contribution in [1.29, 1.82) is 0 Å². The van der Waals surface area contributed by atoms with E-state index in [1.807, 2.05) is 46.0 Å². The minimum atomic E-state index is -0.762. The van der Waals surface area contributed by atoms with Crippen molar-refractivity contribution in [1.82, 2.24) is 14.8 Å². The molecule has 2 aromatic heterocycles. The molecule has 8 nitrogen and oxygen atoms in total. The van der Waals surface area contributed by atoms with Gasteiger partial charge in [0, 0.05) is 11.5 Å². The topological polar surface area (TPSA) is 97.6 Å². The molecular formula is C30H33BrN4O4. The van der Waals surface area contributed by atoms with Crippen molar-refractivity contribution in [2.75, 3.05) is 4.90 Å². The average Bonchev–Trinajstić information content (AvgIpc) is 3.66. The van der Waals surface area contributed by atoms with Gasteiger partial charge < -0.3 is 9.84 Å². The number of aromatic nitrogens is 3. The maximum atomic E-state index is 13.4. The smallest absolute Gasteiger partial charge is 0.308 e. The Morgan fingerprint density at radius 1 is 1.21 bits per heavy atom. The molecule has 2 atom stereocenters. The summed E-state index contributed by atoms with van der Waals surface area (Å²) < 4.78 is 9.11. The average molecular weight is 594 g/mol. The van der Waals surface area contributed by atoms with Gasteiger partial charge in [0.25, 0.3) is 5.88 Å². The molecule has 9 heteroatoms. The molecule has 0 radical (unpaired) electrons. The normalized spacial score (nSPS) is 20.3. The number of ether oxygens (including phenoxy) is 1. The molecule has 0 saturated heterocycles. The molecule has 39 heavy (non-hydrogen) atoms. The number of hydrogen-bond donors (Lipinski definition) is 1. The van der Waals surface area contributed by atoms with Crippen molar-refractivity contribution in [3.63, 3.8) is 0 Å². The number of nitrogens with zero attached hydrogens (tertiary/aromatic N) is 4. The summed E-state index contributed by atoms with van der Waals surface area (Å²) in [6.07, 6.45) is 3.74. The summed E-state index contributed by atoms with van der Waals surface area (Å²) in [7, 11) is 1.83. The lowest BCUT2D eigenvalue weighted by atomic mass is 9.68. The van der Waals surface area contributed by atoms with Gasteiger partial charge in [-0.1, -0.05) is 35.7 Å². The van der Waals surface area contributed by atoms with E-state index in [4.69, 9.17) is 9.72 Å². The Kier molecular flexibility index (Phi) is 7.19. The monoisotopic (exact) mass is 592 g/mol. The maximum absolute atomic E-state index is 13.4. The molecule has 2 unspecified atom stereocenters. The molecule has 3 aromatic rings. The fraction of sp³-hybridized carbons (Fsp3) is 0.467. The minimum absolute atomic E-state index is 0.182. The van der Waals surface area contributed by atoms with Crippen LogP contribution in [0.25, 0.3) is 11.0 Å². The molecular weight excluding hydrogens is 560 g/mol. The van der Waals surface area contributed by atoms with Crippen LogP contribution < -0.4 is 9.64 Å². The van der Waals surface area contributed by atoms with Gasteiger partial charge in [-0.05, 0) is 98.6 Å². The summed E-state index contributed by atoms with van der Waals surface area (Å²) in [6, 6.07) is 7.83. The Hall–Kier alpha value is -3.38. The Balaban J connectivity index is 1.55. The number of carboxylic acid groups (broad SMARTS) is 1. The minimum Gasteiger partial charge on any atom is -0.481 e. The number of amides is 1.